The Morgan fingerprint density at radius 3 is 2.36 bits per heavy atom. The molecule has 1 atom stereocenters. The third-order valence-electron chi connectivity index (χ3n) is 1.57. The molecule has 0 bridgehead atoms. The largest absolute Gasteiger partial charge is 0.380 e. The van der Waals surface area contributed by atoms with E-state index in [-0.39, 0.29) is 0 Å². The molecule has 1 fully saturated rings. The number of ether oxygens (including phenoxy) is 1. The Kier molecular flexibility index (Phi) is 7.96. The van der Waals surface area contributed by atoms with Crippen molar-refractivity contribution in [1.29, 1.82) is 0 Å². The van der Waals surface area contributed by atoms with Crippen LogP contribution in [0.5, 0.6) is 0 Å². The standard InChI is InChI=1S/C6H13NO.C3H8/c1-7-6-3-2-4-8-5-6;1-3-2/h6-7H,2-5H2,1H3;3H2,1-2H3. The SMILES string of the molecule is CCC.CNC1CCCOC1. The van der Waals surface area contributed by atoms with E-state index in [0.29, 0.717) is 6.04 Å². The van der Waals surface area contributed by atoms with Crippen LogP contribution in [0.3, 0.4) is 0 Å². The van der Waals surface area contributed by atoms with Crippen molar-refractivity contribution < 1.29 is 4.74 Å². The quantitative estimate of drug-likeness (QED) is 0.630. The summed E-state index contributed by atoms with van der Waals surface area (Å²) in [6.07, 6.45) is 3.74. The average Bonchev–Trinajstić information content (AvgIpc) is 2.08. The molecule has 0 radical (unpaired) electrons. The summed E-state index contributed by atoms with van der Waals surface area (Å²) in [6, 6.07) is 0.615. The van der Waals surface area contributed by atoms with Gasteiger partial charge in [0.25, 0.3) is 0 Å². The molecule has 1 unspecified atom stereocenters. The van der Waals surface area contributed by atoms with E-state index in [1.807, 2.05) is 7.05 Å². The molecule has 1 N–H and O–H groups in total. The molecule has 68 valence electrons. The van der Waals surface area contributed by atoms with Crippen LogP contribution in [-0.2, 0) is 4.74 Å². The predicted octanol–water partition coefficient (Wildman–Crippen LogP) is 1.80. The molecule has 0 aliphatic carbocycles. The van der Waals surface area contributed by atoms with E-state index in [4.69, 9.17) is 4.74 Å². The van der Waals surface area contributed by atoms with Gasteiger partial charge in [0.15, 0.2) is 0 Å². The summed E-state index contributed by atoms with van der Waals surface area (Å²) in [5, 5.41) is 3.18. The highest BCUT2D eigenvalue weighted by atomic mass is 16.5. The van der Waals surface area contributed by atoms with Crippen LogP contribution < -0.4 is 5.32 Å². The van der Waals surface area contributed by atoms with E-state index >= 15 is 0 Å². The molecule has 0 spiro atoms. The molecule has 2 heteroatoms. The Labute approximate surface area is 70.3 Å². The monoisotopic (exact) mass is 159 g/mol. The van der Waals surface area contributed by atoms with Gasteiger partial charge in [-0.25, -0.2) is 0 Å². The molecule has 11 heavy (non-hydrogen) atoms. The van der Waals surface area contributed by atoms with Gasteiger partial charge in [0.05, 0.1) is 6.61 Å². The summed E-state index contributed by atoms with van der Waals surface area (Å²) in [7, 11) is 1.99. The Morgan fingerprint density at radius 1 is 1.45 bits per heavy atom. The van der Waals surface area contributed by atoms with Crippen molar-refractivity contribution in [3.05, 3.63) is 0 Å². The van der Waals surface area contributed by atoms with E-state index in [0.717, 1.165) is 13.2 Å². The maximum absolute atomic E-state index is 5.21. The van der Waals surface area contributed by atoms with Crippen molar-refractivity contribution in [2.24, 2.45) is 0 Å². The Hall–Kier alpha value is -0.0800. The minimum absolute atomic E-state index is 0.615. The maximum atomic E-state index is 5.21. The second kappa shape index (κ2) is 8.02. The highest BCUT2D eigenvalue weighted by Gasteiger charge is 2.09. The lowest BCUT2D eigenvalue weighted by Crippen LogP contribution is -2.33. The summed E-state index contributed by atoms with van der Waals surface area (Å²) < 4.78 is 5.21. The third kappa shape index (κ3) is 6.32. The second-order valence-corrected chi connectivity index (χ2v) is 2.91. The van der Waals surface area contributed by atoms with Gasteiger partial charge in [0, 0.05) is 12.6 Å². The molecule has 0 aromatic carbocycles. The van der Waals surface area contributed by atoms with E-state index in [2.05, 4.69) is 19.2 Å². The van der Waals surface area contributed by atoms with Gasteiger partial charge in [-0.3, -0.25) is 0 Å². The Morgan fingerprint density at radius 2 is 2.09 bits per heavy atom. The lowest BCUT2D eigenvalue weighted by Gasteiger charge is -2.20. The summed E-state index contributed by atoms with van der Waals surface area (Å²) in [5.74, 6) is 0. The number of likely N-dealkylation sites (N-methyl/N-ethyl adjacent to an activating group) is 1. The van der Waals surface area contributed by atoms with Crippen LogP contribution in [0, 0.1) is 0 Å². The van der Waals surface area contributed by atoms with Crippen LogP contribution in [0.2, 0.25) is 0 Å². The minimum atomic E-state index is 0.615. The van der Waals surface area contributed by atoms with Gasteiger partial charge >= 0.3 is 0 Å². The van der Waals surface area contributed by atoms with Gasteiger partial charge < -0.3 is 10.1 Å². The van der Waals surface area contributed by atoms with Crippen molar-refractivity contribution in [1.82, 2.24) is 5.32 Å². The molecule has 0 aromatic heterocycles. The molecule has 1 aliphatic rings. The summed E-state index contributed by atoms with van der Waals surface area (Å²) >= 11 is 0. The lowest BCUT2D eigenvalue weighted by molar-refractivity contribution is 0.0730. The number of rotatable bonds is 1. The molecule has 1 rings (SSSR count). The van der Waals surface area contributed by atoms with Gasteiger partial charge in [-0.05, 0) is 19.9 Å². The highest BCUT2D eigenvalue weighted by Crippen LogP contribution is 2.03. The van der Waals surface area contributed by atoms with Gasteiger partial charge in [-0.2, -0.15) is 0 Å². The smallest absolute Gasteiger partial charge is 0.0619 e. The predicted molar refractivity (Wildman–Crippen MR) is 48.9 cm³/mol. The first-order valence-corrected chi connectivity index (χ1v) is 4.60. The number of hydrogen-bond acceptors (Lipinski definition) is 2. The van der Waals surface area contributed by atoms with E-state index < -0.39 is 0 Å². The molecular formula is C9H21NO. The molecule has 0 aromatic rings. The van der Waals surface area contributed by atoms with E-state index in [1.54, 1.807) is 0 Å². The van der Waals surface area contributed by atoms with E-state index in [9.17, 15) is 0 Å². The fourth-order valence-corrected chi connectivity index (χ4v) is 0.968. The van der Waals surface area contributed by atoms with E-state index in [1.165, 1.54) is 19.3 Å². The molecule has 0 saturated carbocycles. The van der Waals surface area contributed by atoms with Crippen molar-refractivity contribution in [3.63, 3.8) is 0 Å². The van der Waals surface area contributed by atoms with Crippen LogP contribution >= 0.6 is 0 Å². The fourth-order valence-electron chi connectivity index (χ4n) is 0.968. The van der Waals surface area contributed by atoms with Gasteiger partial charge in [0.2, 0.25) is 0 Å². The van der Waals surface area contributed by atoms with Crippen LogP contribution in [0.4, 0.5) is 0 Å². The minimum Gasteiger partial charge on any atom is -0.380 e. The summed E-state index contributed by atoms with van der Waals surface area (Å²) in [4.78, 5) is 0. The topological polar surface area (TPSA) is 21.3 Å². The Balaban J connectivity index is 0.000000292. The van der Waals surface area contributed by atoms with Crippen LogP contribution in [0.25, 0.3) is 0 Å². The zero-order chi connectivity index (χ0) is 8.53. The molecule has 2 nitrogen and oxygen atoms in total. The normalized spacial score (nSPS) is 23.7. The number of nitrogens with one attached hydrogen (secondary N) is 1. The second-order valence-electron chi connectivity index (χ2n) is 2.91. The summed E-state index contributed by atoms with van der Waals surface area (Å²) in [5.41, 5.74) is 0. The maximum Gasteiger partial charge on any atom is 0.0619 e. The lowest BCUT2D eigenvalue weighted by atomic mass is 10.1. The Bertz CT molecular complexity index is 70.0. The molecular weight excluding hydrogens is 138 g/mol. The molecule has 1 heterocycles. The third-order valence-corrected chi connectivity index (χ3v) is 1.57. The fraction of sp³-hybridized carbons (Fsp3) is 1.00. The van der Waals surface area contributed by atoms with Crippen LogP contribution in [-0.4, -0.2) is 26.3 Å². The van der Waals surface area contributed by atoms with Crippen molar-refractivity contribution in [3.8, 4) is 0 Å². The molecule has 1 saturated heterocycles. The van der Waals surface area contributed by atoms with Gasteiger partial charge in [-0.15, -0.1) is 0 Å². The zero-order valence-electron chi connectivity index (χ0n) is 8.02. The van der Waals surface area contributed by atoms with Crippen molar-refractivity contribution in [2.75, 3.05) is 20.3 Å². The molecule has 0 amide bonds. The van der Waals surface area contributed by atoms with Crippen molar-refractivity contribution >= 4 is 0 Å². The first kappa shape index (κ1) is 10.9. The van der Waals surface area contributed by atoms with Crippen LogP contribution in [0.15, 0.2) is 0 Å². The van der Waals surface area contributed by atoms with Crippen molar-refractivity contribution in [2.45, 2.75) is 39.2 Å². The first-order chi connectivity index (χ1) is 5.35. The molecule has 1 aliphatic heterocycles. The number of hydrogen-bond donors (Lipinski definition) is 1. The first-order valence-electron chi connectivity index (χ1n) is 4.60. The summed E-state index contributed by atoms with van der Waals surface area (Å²) in [6.45, 7) is 6.11. The zero-order valence-corrected chi connectivity index (χ0v) is 8.02. The van der Waals surface area contributed by atoms with Gasteiger partial charge in [0.1, 0.15) is 0 Å². The van der Waals surface area contributed by atoms with Crippen LogP contribution in [0.1, 0.15) is 33.1 Å². The highest BCUT2D eigenvalue weighted by molar-refractivity contribution is 4.66. The average molecular weight is 159 g/mol. The van der Waals surface area contributed by atoms with Gasteiger partial charge in [-0.1, -0.05) is 20.3 Å².